The van der Waals surface area contributed by atoms with Gasteiger partial charge in [-0.2, -0.15) is 5.10 Å². The highest BCUT2D eigenvalue weighted by Gasteiger charge is 2.20. The number of hydrogen-bond acceptors (Lipinski definition) is 5. The average Bonchev–Trinajstić information content (AvgIpc) is 2.82. The zero-order valence-electron chi connectivity index (χ0n) is 11.1. The third kappa shape index (κ3) is 2.81. The maximum Gasteiger partial charge on any atom is 0.341 e. The molecule has 1 aromatic carbocycles. The van der Waals surface area contributed by atoms with Crippen LogP contribution in [0.1, 0.15) is 10.4 Å². The van der Waals surface area contributed by atoms with Crippen LogP contribution in [0.4, 0.5) is 10.2 Å². The average molecular weight is 327 g/mol. The molecule has 0 saturated carbocycles. The molecular weight excluding hydrogens is 317 g/mol. The van der Waals surface area contributed by atoms with Gasteiger partial charge in [-0.3, -0.25) is 4.79 Å². The molecule has 0 saturated heterocycles. The molecule has 10 heteroatoms. The van der Waals surface area contributed by atoms with Crippen molar-refractivity contribution in [3.8, 4) is 5.69 Å². The summed E-state index contributed by atoms with van der Waals surface area (Å²) in [7, 11) is -3.59. The lowest BCUT2D eigenvalue weighted by molar-refractivity contribution is -0.105. The van der Waals surface area contributed by atoms with Crippen LogP contribution in [0.2, 0.25) is 0 Å². The fourth-order valence-electron chi connectivity index (χ4n) is 1.77. The van der Waals surface area contributed by atoms with E-state index in [1.165, 1.54) is 0 Å². The second-order valence-corrected chi connectivity index (χ2v) is 6.29. The number of halogens is 1. The predicted molar refractivity (Wildman–Crippen MR) is 73.3 cm³/mol. The standard InChI is InChI=1S/C12H10FN3O5S/c1-22(20,21)7-2-3-10(9(13)4-7)16-11(14-6-17)8(5-15-16)12(18)19/h2-6H,1H3,(H,14,17)(H,18,19). The molecule has 0 aliphatic heterocycles. The smallest absolute Gasteiger partial charge is 0.341 e. The van der Waals surface area contributed by atoms with Crippen LogP contribution in [0.25, 0.3) is 5.69 Å². The molecule has 1 heterocycles. The number of nitrogens with one attached hydrogen (secondary N) is 1. The summed E-state index contributed by atoms with van der Waals surface area (Å²) in [5, 5.41) is 14.8. The number of sulfone groups is 1. The van der Waals surface area contributed by atoms with E-state index in [1.807, 2.05) is 0 Å². The zero-order valence-corrected chi connectivity index (χ0v) is 12.0. The van der Waals surface area contributed by atoms with Gasteiger partial charge < -0.3 is 10.4 Å². The quantitative estimate of drug-likeness (QED) is 0.780. The summed E-state index contributed by atoms with van der Waals surface area (Å²) < 4.78 is 37.7. The third-order valence-corrected chi connectivity index (χ3v) is 3.88. The highest BCUT2D eigenvalue weighted by atomic mass is 32.2. The molecule has 0 aliphatic carbocycles. The van der Waals surface area contributed by atoms with Crippen molar-refractivity contribution in [3.63, 3.8) is 0 Å². The van der Waals surface area contributed by atoms with E-state index in [9.17, 15) is 22.4 Å². The predicted octanol–water partition coefficient (Wildman–Crippen LogP) is 0.681. The second-order valence-electron chi connectivity index (χ2n) is 4.27. The minimum absolute atomic E-state index is 0.204. The van der Waals surface area contributed by atoms with Gasteiger partial charge in [-0.05, 0) is 18.2 Å². The first-order chi connectivity index (χ1) is 10.3. The number of anilines is 1. The van der Waals surface area contributed by atoms with Gasteiger partial charge in [0.05, 0.1) is 11.1 Å². The molecule has 0 radical (unpaired) electrons. The van der Waals surface area contributed by atoms with Crippen molar-refractivity contribution >= 4 is 28.0 Å². The molecule has 1 aromatic heterocycles. The van der Waals surface area contributed by atoms with Crippen LogP contribution < -0.4 is 5.32 Å². The van der Waals surface area contributed by atoms with Gasteiger partial charge in [0, 0.05) is 6.26 Å². The Kier molecular flexibility index (Phi) is 3.95. The Bertz CT molecular complexity index is 860. The van der Waals surface area contributed by atoms with Gasteiger partial charge in [-0.25, -0.2) is 22.3 Å². The highest BCUT2D eigenvalue weighted by Crippen LogP contribution is 2.24. The van der Waals surface area contributed by atoms with Crippen molar-refractivity contribution in [2.24, 2.45) is 0 Å². The minimum Gasteiger partial charge on any atom is -0.477 e. The van der Waals surface area contributed by atoms with Crippen molar-refractivity contribution in [1.82, 2.24) is 9.78 Å². The number of aromatic carboxylic acids is 1. The Labute approximate surface area is 124 Å². The number of rotatable bonds is 5. The molecule has 22 heavy (non-hydrogen) atoms. The fraction of sp³-hybridized carbons (Fsp3) is 0.0833. The molecule has 0 fully saturated rings. The number of nitrogens with zero attached hydrogens (tertiary/aromatic N) is 2. The van der Waals surface area contributed by atoms with Crippen molar-refractivity contribution in [3.05, 3.63) is 35.8 Å². The van der Waals surface area contributed by atoms with E-state index in [2.05, 4.69) is 10.4 Å². The Morgan fingerprint density at radius 3 is 2.64 bits per heavy atom. The number of carboxylic acid groups (broad SMARTS) is 1. The van der Waals surface area contributed by atoms with Gasteiger partial charge in [-0.1, -0.05) is 0 Å². The van der Waals surface area contributed by atoms with E-state index < -0.39 is 21.6 Å². The SMILES string of the molecule is CS(=O)(=O)c1ccc(-n2ncc(C(=O)O)c2NC=O)c(F)c1. The Morgan fingerprint density at radius 1 is 1.45 bits per heavy atom. The summed E-state index contributed by atoms with van der Waals surface area (Å²) in [6.45, 7) is 0. The van der Waals surface area contributed by atoms with Crippen molar-refractivity contribution < 1.29 is 27.5 Å². The third-order valence-electron chi connectivity index (χ3n) is 2.77. The lowest BCUT2D eigenvalue weighted by Gasteiger charge is -2.09. The van der Waals surface area contributed by atoms with Crippen LogP contribution in [0.5, 0.6) is 0 Å². The number of carboxylic acids is 1. The molecule has 1 amide bonds. The normalized spacial score (nSPS) is 11.2. The van der Waals surface area contributed by atoms with E-state index in [4.69, 9.17) is 5.11 Å². The van der Waals surface area contributed by atoms with Crippen LogP contribution in [-0.2, 0) is 14.6 Å². The van der Waals surface area contributed by atoms with Gasteiger partial charge in [0.1, 0.15) is 17.1 Å². The van der Waals surface area contributed by atoms with Crippen LogP contribution in [0.15, 0.2) is 29.3 Å². The maximum atomic E-state index is 14.1. The van der Waals surface area contributed by atoms with Crippen molar-refractivity contribution in [2.45, 2.75) is 4.90 Å². The molecule has 2 N–H and O–H groups in total. The minimum atomic E-state index is -3.59. The summed E-state index contributed by atoms with van der Waals surface area (Å²) in [5.41, 5.74) is -0.539. The summed E-state index contributed by atoms with van der Waals surface area (Å²) in [5.74, 6) is -2.53. The lowest BCUT2D eigenvalue weighted by Crippen LogP contribution is -2.10. The molecule has 0 atom stereocenters. The van der Waals surface area contributed by atoms with E-state index >= 15 is 0 Å². The molecule has 2 rings (SSSR count). The topological polar surface area (TPSA) is 118 Å². The lowest BCUT2D eigenvalue weighted by atomic mass is 10.3. The van der Waals surface area contributed by atoms with Gasteiger partial charge in [-0.15, -0.1) is 0 Å². The highest BCUT2D eigenvalue weighted by molar-refractivity contribution is 7.90. The van der Waals surface area contributed by atoms with Crippen LogP contribution in [-0.4, -0.2) is 41.9 Å². The Balaban J connectivity index is 2.62. The molecule has 0 spiro atoms. The summed E-state index contributed by atoms with van der Waals surface area (Å²) in [4.78, 5) is 21.4. The molecule has 8 nitrogen and oxygen atoms in total. The molecular formula is C12H10FN3O5S. The number of carbonyl (C=O) groups excluding carboxylic acids is 1. The van der Waals surface area contributed by atoms with E-state index in [0.717, 1.165) is 35.3 Å². The molecule has 0 aliphatic rings. The van der Waals surface area contributed by atoms with Crippen LogP contribution >= 0.6 is 0 Å². The summed E-state index contributed by atoms with van der Waals surface area (Å²) in [6.07, 6.45) is 2.10. The van der Waals surface area contributed by atoms with E-state index in [1.54, 1.807) is 0 Å². The number of aromatic nitrogens is 2. The van der Waals surface area contributed by atoms with Gasteiger partial charge >= 0.3 is 5.97 Å². The summed E-state index contributed by atoms with van der Waals surface area (Å²) in [6, 6.07) is 3.07. The molecule has 0 bridgehead atoms. The van der Waals surface area contributed by atoms with Gasteiger partial charge in [0.15, 0.2) is 15.7 Å². The zero-order chi connectivity index (χ0) is 16.5. The van der Waals surface area contributed by atoms with Crippen LogP contribution in [0.3, 0.4) is 0 Å². The first-order valence-corrected chi connectivity index (χ1v) is 7.66. The molecule has 2 aromatic rings. The van der Waals surface area contributed by atoms with Crippen LogP contribution in [0, 0.1) is 5.82 Å². The van der Waals surface area contributed by atoms with Gasteiger partial charge in [0.2, 0.25) is 6.41 Å². The van der Waals surface area contributed by atoms with Crippen molar-refractivity contribution in [1.29, 1.82) is 0 Å². The number of carbonyl (C=O) groups is 2. The largest absolute Gasteiger partial charge is 0.477 e. The maximum absolute atomic E-state index is 14.1. The second kappa shape index (κ2) is 5.56. The molecule has 0 unspecified atom stereocenters. The summed E-state index contributed by atoms with van der Waals surface area (Å²) >= 11 is 0. The number of amides is 1. The number of benzene rings is 1. The van der Waals surface area contributed by atoms with Crippen molar-refractivity contribution in [2.75, 3.05) is 11.6 Å². The first-order valence-electron chi connectivity index (χ1n) is 5.77. The number of hydrogen-bond donors (Lipinski definition) is 2. The monoisotopic (exact) mass is 327 g/mol. The van der Waals surface area contributed by atoms with E-state index in [-0.39, 0.29) is 28.4 Å². The molecule has 116 valence electrons. The van der Waals surface area contributed by atoms with E-state index in [0.29, 0.717) is 0 Å². The first kappa shape index (κ1) is 15.6. The Hall–Kier alpha value is -2.75. The fourth-order valence-corrected chi connectivity index (χ4v) is 2.41. The van der Waals surface area contributed by atoms with Gasteiger partial charge in [0.25, 0.3) is 0 Å². The Morgan fingerprint density at radius 2 is 2.14 bits per heavy atom.